The average molecular weight is 264 g/mol. The number of ether oxygens (including phenoxy) is 1. The number of hydrogen-bond acceptors (Lipinski definition) is 6. The highest BCUT2D eigenvalue weighted by molar-refractivity contribution is 7.11. The Bertz CT molecular complexity index is 500. The number of hydrogen-bond donors (Lipinski definition) is 2. The maximum atomic E-state index is 5.92. The van der Waals surface area contributed by atoms with Crippen LogP contribution in [0.1, 0.15) is 6.92 Å². The number of nitrogens with one attached hydrogen (secondary N) is 1. The van der Waals surface area contributed by atoms with Gasteiger partial charge in [-0.25, -0.2) is 0 Å². The minimum absolute atomic E-state index is 0.138. The molecule has 2 rings (SSSR count). The molecule has 2 aromatic heterocycles. The van der Waals surface area contributed by atoms with Crippen LogP contribution in [0.4, 0.5) is 10.8 Å². The van der Waals surface area contributed by atoms with E-state index in [0.29, 0.717) is 5.82 Å². The topological polar surface area (TPSA) is 73.1 Å². The number of pyridine rings is 1. The van der Waals surface area contributed by atoms with Crippen molar-refractivity contribution in [1.82, 2.24) is 9.36 Å². The van der Waals surface area contributed by atoms with Crippen LogP contribution in [0.5, 0.6) is 0 Å². The lowest BCUT2D eigenvalue weighted by molar-refractivity contribution is 0.129. The first-order valence-corrected chi connectivity index (χ1v) is 6.42. The summed E-state index contributed by atoms with van der Waals surface area (Å²) >= 11 is 1.36. The number of methoxy groups -OCH3 is 1. The summed E-state index contributed by atoms with van der Waals surface area (Å²) in [7, 11) is 1.69. The number of rotatable bonds is 5. The molecule has 5 nitrogen and oxygen atoms in total. The lowest BCUT2D eigenvalue weighted by Gasteiger charge is -2.11. The summed E-state index contributed by atoms with van der Waals surface area (Å²) in [4.78, 5) is 4.00. The molecule has 1 unspecified atom stereocenters. The molecular formula is C12H16N4OS. The molecule has 0 amide bonds. The molecule has 2 aromatic rings. The van der Waals surface area contributed by atoms with Crippen LogP contribution < -0.4 is 11.1 Å². The summed E-state index contributed by atoms with van der Waals surface area (Å²) in [5, 5.41) is 4.27. The quantitative estimate of drug-likeness (QED) is 0.866. The largest absolute Gasteiger partial charge is 0.382 e. The molecule has 0 spiro atoms. The van der Waals surface area contributed by atoms with Gasteiger partial charge in [0, 0.05) is 26.0 Å². The van der Waals surface area contributed by atoms with E-state index in [0.717, 1.165) is 22.7 Å². The first-order valence-electron chi connectivity index (χ1n) is 5.64. The molecule has 0 radical (unpaired) electrons. The van der Waals surface area contributed by atoms with Crippen molar-refractivity contribution in [3.63, 3.8) is 0 Å². The Morgan fingerprint density at radius 3 is 2.83 bits per heavy atom. The Balaban J connectivity index is 2.23. The van der Waals surface area contributed by atoms with Gasteiger partial charge in [-0.1, -0.05) is 0 Å². The highest BCUT2D eigenvalue weighted by Crippen LogP contribution is 2.36. The molecule has 0 fully saturated rings. The van der Waals surface area contributed by atoms with Crippen molar-refractivity contribution >= 4 is 22.4 Å². The van der Waals surface area contributed by atoms with Crippen molar-refractivity contribution in [1.29, 1.82) is 0 Å². The van der Waals surface area contributed by atoms with Crippen LogP contribution in [0, 0.1) is 0 Å². The second-order valence-electron chi connectivity index (χ2n) is 3.94. The fourth-order valence-electron chi connectivity index (χ4n) is 1.54. The molecule has 0 aliphatic rings. The third-order valence-electron chi connectivity index (χ3n) is 2.64. The van der Waals surface area contributed by atoms with E-state index in [4.69, 9.17) is 10.5 Å². The zero-order valence-corrected chi connectivity index (χ0v) is 11.2. The zero-order chi connectivity index (χ0) is 13.0. The van der Waals surface area contributed by atoms with E-state index in [1.807, 2.05) is 19.1 Å². The molecule has 18 heavy (non-hydrogen) atoms. The summed E-state index contributed by atoms with van der Waals surface area (Å²) in [6.07, 6.45) is 3.63. The Morgan fingerprint density at radius 1 is 1.44 bits per heavy atom. The molecule has 0 aromatic carbocycles. The fourth-order valence-corrected chi connectivity index (χ4v) is 2.28. The van der Waals surface area contributed by atoms with Gasteiger partial charge in [0.25, 0.3) is 0 Å². The Kier molecular flexibility index (Phi) is 4.11. The molecule has 0 aliphatic carbocycles. The third kappa shape index (κ3) is 2.77. The van der Waals surface area contributed by atoms with E-state index >= 15 is 0 Å². The normalized spacial score (nSPS) is 12.3. The molecule has 96 valence electrons. The van der Waals surface area contributed by atoms with Crippen LogP contribution in [-0.2, 0) is 4.74 Å². The molecule has 0 saturated carbocycles. The van der Waals surface area contributed by atoms with Crippen molar-refractivity contribution in [2.75, 3.05) is 24.7 Å². The van der Waals surface area contributed by atoms with Crippen molar-refractivity contribution in [3.8, 4) is 11.1 Å². The Morgan fingerprint density at radius 2 is 2.17 bits per heavy atom. The predicted octanol–water partition coefficient (Wildman–Crippen LogP) is 2.23. The first-order chi connectivity index (χ1) is 8.72. The molecule has 0 saturated heterocycles. The van der Waals surface area contributed by atoms with Crippen LogP contribution in [0.3, 0.4) is 0 Å². The number of anilines is 2. The second kappa shape index (κ2) is 5.79. The number of aromatic nitrogens is 2. The van der Waals surface area contributed by atoms with Gasteiger partial charge in [-0.15, -0.1) is 0 Å². The van der Waals surface area contributed by atoms with Gasteiger partial charge in [0.05, 0.1) is 11.7 Å². The maximum Gasteiger partial charge on any atom is 0.147 e. The van der Waals surface area contributed by atoms with Crippen LogP contribution in [0.15, 0.2) is 24.5 Å². The van der Waals surface area contributed by atoms with E-state index in [1.165, 1.54) is 11.5 Å². The summed E-state index contributed by atoms with van der Waals surface area (Å²) in [5.41, 5.74) is 7.87. The first kappa shape index (κ1) is 12.8. The van der Waals surface area contributed by atoms with E-state index in [2.05, 4.69) is 14.7 Å². The van der Waals surface area contributed by atoms with E-state index in [1.54, 1.807) is 19.5 Å². The van der Waals surface area contributed by atoms with Gasteiger partial charge < -0.3 is 15.8 Å². The van der Waals surface area contributed by atoms with Gasteiger partial charge >= 0.3 is 0 Å². The third-order valence-corrected chi connectivity index (χ3v) is 3.46. The van der Waals surface area contributed by atoms with Crippen LogP contribution in [0.25, 0.3) is 11.1 Å². The average Bonchev–Trinajstić information content (AvgIpc) is 2.78. The predicted molar refractivity (Wildman–Crippen MR) is 74.7 cm³/mol. The lowest BCUT2D eigenvalue weighted by Crippen LogP contribution is -2.17. The highest BCUT2D eigenvalue weighted by Gasteiger charge is 2.13. The number of nitrogens with zero attached hydrogens (tertiary/aromatic N) is 2. The summed E-state index contributed by atoms with van der Waals surface area (Å²) in [6, 6.07) is 3.84. The van der Waals surface area contributed by atoms with Crippen molar-refractivity contribution in [2.24, 2.45) is 0 Å². The number of nitrogens with two attached hydrogens (primary N) is 1. The van der Waals surface area contributed by atoms with E-state index in [9.17, 15) is 0 Å². The molecule has 2 heterocycles. The van der Waals surface area contributed by atoms with Crippen LogP contribution in [-0.4, -0.2) is 29.1 Å². The van der Waals surface area contributed by atoms with E-state index in [-0.39, 0.29) is 6.10 Å². The minimum Gasteiger partial charge on any atom is -0.382 e. The van der Waals surface area contributed by atoms with Gasteiger partial charge in [-0.2, -0.15) is 4.37 Å². The number of nitrogen functional groups attached to an aromatic ring is 1. The SMILES string of the molecule is COC(C)CNc1snc(N)c1-c1ccncc1. The van der Waals surface area contributed by atoms with Gasteiger partial charge in [-0.05, 0) is 36.2 Å². The van der Waals surface area contributed by atoms with Gasteiger partial charge in [0.15, 0.2) is 0 Å². The minimum atomic E-state index is 0.138. The fraction of sp³-hybridized carbons (Fsp3) is 0.333. The van der Waals surface area contributed by atoms with Crippen molar-refractivity contribution < 1.29 is 4.74 Å². The monoisotopic (exact) mass is 264 g/mol. The molecule has 6 heteroatoms. The van der Waals surface area contributed by atoms with Crippen LogP contribution in [0.2, 0.25) is 0 Å². The molecule has 3 N–H and O–H groups in total. The van der Waals surface area contributed by atoms with Crippen molar-refractivity contribution in [2.45, 2.75) is 13.0 Å². The summed E-state index contributed by atoms with van der Waals surface area (Å²) in [6.45, 7) is 2.72. The zero-order valence-electron chi connectivity index (χ0n) is 10.4. The second-order valence-corrected chi connectivity index (χ2v) is 4.71. The highest BCUT2D eigenvalue weighted by atomic mass is 32.1. The Labute approximate surface area is 110 Å². The standard InChI is InChI=1S/C12H16N4OS/c1-8(17-2)7-15-12-10(11(13)16-18-12)9-3-5-14-6-4-9/h3-6,8,15H,7H2,1-2H3,(H2,13,16). The Hall–Kier alpha value is -1.66. The molecule has 0 bridgehead atoms. The van der Waals surface area contributed by atoms with E-state index < -0.39 is 0 Å². The molecular weight excluding hydrogens is 248 g/mol. The van der Waals surface area contributed by atoms with Gasteiger partial charge in [0.2, 0.25) is 0 Å². The molecule has 0 aliphatic heterocycles. The maximum absolute atomic E-state index is 5.92. The lowest BCUT2D eigenvalue weighted by atomic mass is 10.1. The van der Waals surface area contributed by atoms with Crippen LogP contribution >= 0.6 is 11.5 Å². The van der Waals surface area contributed by atoms with Gasteiger partial charge in [0.1, 0.15) is 10.8 Å². The smallest absolute Gasteiger partial charge is 0.147 e. The molecule has 1 atom stereocenters. The van der Waals surface area contributed by atoms with Gasteiger partial charge in [-0.3, -0.25) is 4.98 Å². The van der Waals surface area contributed by atoms with Crippen molar-refractivity contribution in [3.05, 3.63) is 24.5 Å². The summed E-state index contributed by atoms with van der Waals surface area (Å²) < 4.78 is 9.40. The summed E-state index contributed by atoms with van der Waals surface area (Å²) in [5.74, 6) is 0.541.